The number of aliphatic hydroxyl groups excluding tert-OH is 1. The number of likely N-dealkylation sites (tertiary alicyclic amines) is 1. The number of anilines is 1. The SMILES string of the molecule is CC(C)(C)OC(=O)N1CCC(N2CCCc3cc(Cl)cc(-c4ccnc5cc(CO)sc45)c32)C1. The number of carbonyl (C=O) groups is 1. The molecule has 0 bridgehead atoms. The van der Waals surface area contributed by atoms with Gasteiger partial charge >= 0.3 is 6.09 Å². The average Bonchev–Trinajstić information content (AvgIpc) is 3.44. The van der Waals surface area contributed by atoms with Gasteiger partial charge in [0.05, 0.1) is 16.8 Å². The average molecular weight is 500 g/mol. The van der Waals surface area contributed by atoms with E-state index in [2.05, 4.69) is 16.0 Å². The van der Waals surface area contributed by atoms with Crippen molar-refractivity contribution in [2.75, 3.05) is 24.5 Å². The van der Waals surface area contributed by atoms with Crippen molar-refractivity contribution in [3.8, 4) is 11.1 Å². The predicted octanol–water partition coefficient (Wildman–Crippen LogP) is 5.87. The van der Waals surface area contributed by atoms with Crippen LogP contribution in [0.15, 0.2) is 30.5 Å². The van der Waals surface area contributed by atoms with Crippen LogP contribution in [0.25, 0.3) is 21.3 Å². The van der Waals surface area contributed by atoms with E-state index in [-0.39, 0.29) is 18.7 Å². The van der Waals surface area contributed by atoms with Crippen LogP contribution >= 0.6 is 22.9 Å². The van der Waals surface area contributed by atoms with Crippen molar-refractivity contribution >= 4 is 44.9 Å². The first-order chi connectivity index (χ1) is 16.2. The van der Waals surface area contributed by atoms with Gasteiger partial charge in [-0.15, -0.1) is 11.3 Å². The molecule has 0 radical (unpaired) electrons. The van der Waals surface area contributed by atoms with Crippen LogP contribution in [0.5, 0.6) is 0 Å². The van der Waals surface area contributed by atoms with Crippen molar-refractivity contribution in [2.24, 2.45) is 0 Å². The lowest BCUT2D eigenvalue weighted by atomic mass is 9.92. The number of nitrogens with zero attached hydrogens (tertiary/aromatic N) is 3. The summed E-state index contributed by atoms with van der Waals surface area (Å²) in [6.45, 7) is 7.99. The monoisotopic (exact) mass is 499 g/mol. The summed E-state index contributed by atoms with van der Waals surface area (Å²) in [7, 11) is 0. The van der Waals surface area contributed by atoms with E-state index in [1.165, 1.54) is 11.3 Å². The van der Waals surface area contributed by atoms with Crippen molar-refractivity contribution in [3.05, 3.63) is 45.9 Å². The standard InChI is InChI=1S/C26H30ClN3O3S/c1-26(2,3)33-25(32)29-10-7-18(14-29)30-9-4-5-16-11-17(27)12-21(23(16)30)20-6-8-28-22-13-19(15-31)34-24(20)22/h6,8,11-13,18,31H,4-5,7,9-10,14-15H2,1-3H3. The maximum absolute atomic E-state index is 12.7. The molecule has 0 saturated carbocycles. The lowest BCUT2D eigenvalue weighted by molar-refractivity contribution is 0.0292. The normalized spacial score (nSPS) is 18.4. The van der Waals surface area contributed by atoms with Gasteiger partial charge in [-0.2, -0.15) is 0 Å². The maximum Gasteiger partial charge on any atom is 0.410 e. The Morgan fingerprint density at radius 1 is 1.26 bits per heavy atom. The first-order valence-corrected chi connectivity index (χ1v) is 13.0. The molecule has 2 aliphatic heterocycles. The first kappa shape index (κ1) is 23.4. The van der Waals surface area contributed by atoms with Gasteiger partial charge < -0.3 is 19.6 Å². The first-order valence-electron chi connectivity index (χ1n) is 11.8. The molecule has 1 fully saturated rings. The highest BCUT2D eigenvalue weighted by molar-refractivity contribution is 7.19. The number of rotatable bonds is 3. The fraction of sp³-hybridized carbons (Fsp3) is 0.462. The van der Waals surface area contributed by atoms with E-state index in [1.54, 1.807) is 11.3 Å². The minimum atomic E-state index is -0.502. The zero-order chi connectivity index (χ0) is 24.0. The molecule has 2 aliphatic rings. The summed E-state index contributed by atoms with van der Waals surface area (Å²) in [5.41, 5.74) is 5.02. The van der Waals surface area contributed by atoms with Gasteiger partial charge in [0.25, 0.3) is 0 Å². The Morgan fingerprint density at radius 3 is 2.85 bits per heavy atom. The van der Waals surface area contributed by atoms with Gasteiger partial charge in [0, 0.05) is 58.6 Å². The molecular formula is C26H30ClN3O3S. The molecule has 0 spiro atoms. The second-order valence-electron chi connectivity index (χ2n) is 10.1. The second-order valence-corrected chi connectivity index (χ2v) is 11.6. The molecule has 8 heteroatoms. The minimum Gasteiger partial charge on any atom is -0.444 e. The quantitative estimate of drug-likeness (QED) is 0.488. The minimum absolute atomic E-state index is 0.00280. The molecular weight excluding hydrogens is 470 g/mol. The maximum atomic E-state index is 12.7. The number of aromatic nitrogens is 1. The summed E-state index contributed by atoms with van der Waals surface area (Å²) in [6, 6.07) is 8.35. The van der Waals surface area contributed by atoms with E-state index < -0.39 is 5.60 Å². The van der Waals surface area contributed by atoms with E-state index in [9.17, 15) is 9.90 Å². The van der Waals surface area contributed by atoms with Crippen LogP contribution in [0.4, 0.5) is 10.5 Å². The number of amides is 1. The summed E-state index contributed by atoms with van der Waals surface area (Å²) in [6.07, 6.45) is 4.51. The Bertz CT molecular complexity index is 1240. The third-order valence-corrected chi connectivity index (χ3v) is 7.81. The lowest BCUT2D eigenvalue weighted by Gasteiger charge is -2.38. The number of aryl methyl sites for hydroxylation is 1. The summed E-state index contributed by atoms with van der Waals surface area (Å²) < 4.78 is 6.68. The fourth-order valence-corrected chi connectivity index (χ4v) is 6.32. The molecule has 34 heavy (non-hydrogen) atoms. The van der Waals surface area contributed by atoms with Gasteiger partial charge in [-0.3, -0.25) is 4.98 Å². The zero-order valence-corrected chi connectivity index (χ0v) is 21.4. The molecule has 1 saturated heterocycles. The van der Waals surface area contributed by atoms with Crippen LogP contribution < -0.4 is 4.90 Å². The molecule has 1 amide bonds. The van der Waals surface area contributed by atoms with Crippen LogP contribution in [0.1, 0.15) is 44.1 Å². The van der Waals surface area contributed by atoms with Gasteiger partial charge in [0.15, 0.2) is 0 Å². The van der Waals surface area contributed by atoms with Gasteiger partial charge in [0.2, 0.25) is 0 Å². The van der Waals surface area contributed by atoms with Crippen LogP contribution in [-0.4, -0.2) is 52.4 Å². The Morgan fingerprint density at radius 2 is 2.09 bits per heavy atom. The highest BCUT2D eigenvalue weighted by atomic mass is 35.5. The van der Waals surface area contributed by atoms with Crippen LogP contribution in [-0.2, 0) is 17.8 Å². The molecule has 1 unspecified atom stereocenters. The van der Waals surface area contributed by atoms with Crippen molar-refractivity contribution < 1.29 is 14.6 Å². The summed E-state index contributed by atoms with van der Waals surface area (Å²) in [5.74, 6) is 0. The van der Waals surface area contributed by atoms with Gasteiger partial charge in [-0.1, -0.05) is 11.6 Å². The van der Waals surface area contributed by atoms with Crippen molar-refractivity contribution in [3.63, 3.8) is 0 Å². The number of pyridine rings is 1. The topological polar surface area (TPSA) is 65.9 Å². The highest BCUT2D eigenvalue weighted by Gasteiger charge is 2.36. The van der Waals surface area contributed by atoms with Crippen molar-refractivity contribution in [1.82, 2.24) is 9.88 Å². The van der Waals surface area contributed by atoms with Crippen molar-refractivity contribution in [1.29, 1.82) is 0 Å². The summed E-state index contributed by atoms with van der Waals surface area (Å²) in [5, 5.41) is 10.4. The molecule has 1 atom stereocenters. The number of hydrogen-bond acceptors (Lipinski definition) is 6. The number of benzene rings is 1. The molecule has 180 valence electrons. The number of fused-ring (bicyclic) bond motifs is 2. The van der Waals surface area contributed by atoms with Crippen LogP contribution in [0.2, 0.25) is 5.02 Å². The second kappa shape index (κ2) is 9.02. The molecule has 3 aromatic rings. The lowest BCUT2D eigenvalue weighted by Crippen LogP contribution is -2.43. The smallest absolute Gasteiger partial charge is 0.410 e. The van der Waals surface area contributed by atoms with Gasteiger partial charge in [0.1, 0.15) is 5.60 Å². The Hall–Kier alpha value is -2.35. The third-order valence-electron chi connectivity index (χ3n) is 6.45. The number of hydrogen-bond donors (Lipinski definition) is 1. The van der Waals surface area contributed by atoms with Crippen molar-refractivity contribution in [2.45, 2.75) is 58.3 Å². The molecule has 5 rings (SSSR count). The number of thiophene rings is 1. The molecule has 1 aromatic carbocycles. The molecule has 2 aromatic heterocycles. The van der Waals surface area contributed by atoms with E-state index in [1.807, 2.05) is 50.1 Å². The molecule has 1 N–H and O–H groups in total. The number of aliphatic hydroxyl groups is 1. The third kappa shape index (κ3) is 4.49. The zero-order valence-electron chi connectivity index (χ0n) is 19.8. The van der Waals surface area contributed by atoms with E-state index in [0.29, 0.717) is 13.1 Å². The Labute approximate surface area is 209 Å². The molecule has 6 nitrogen and oxygen atoms in total. The largest absolute Gasteiger partial charge is 0.444 e. The highest BCUT2D eigenvalue weighted by Crippen LogP contribution is 2.45. The van der Waals surface area contributed by atoms with Gasteiger partial charge in [-0.05, 0) is 69.9 Å². The summed E-state index contributed by atoms with van der Waals surface area (Å²) >= 11 is 8.18. The Balaban J connectivity index is 1.53. The fourth-order valence-electron chi connectivity index (χ4n) is 5.07. The van der Waals surface area contributed by atoms with E-state index in [4.69, 9.17) is 16.3 Å². The molecule has 0 aliphatic carbocycles. The molecule has 4 heterocycles. The number of carbonyl (C=O) groups excluding carboxylic acids is 1. The predicted molar refractivity (Wildman–Crippen MR) is 138 cm³/mol. The Kier molecular flexibility index (Phi) is 6.21. The summed E-state index contributed by atoms with van der Waals surface area (Å²) in [4.78, 5) is 22.4. The van der Waals surface area contributed by atoms with Gasteiger partial charge in [-0.25, -0.2) is 4.79 Å². The van der Waals surface area contributed by atoms with Crippen LogP contribution in [0, 0.1) is 0 Å². The van der Waals surface area contributed by atoms with E-state index >= 15 is 0 Å². The van der Waals surface area contributed by atoms with E-state index in [0.717, 1.165) is 57.1 Å². The number of halogens is 1. The number of ether oxygens (including phenoxy) is 1. The van der Waals surface area contributed by atoms with Crippen LogP contribution in [0.3, 0.4) is 0 Å².